The third-order valence-corrected chi connectivity index (χ3v) is 4.40. The molecule has 0 heterocycles. The quantitative estimate of drug-likeness (QED) is 0.554. The Morgan fingerprint density at radius 1 is 1.12 bits per heavy atom. The fraction of sp³-hybridized carbons (Fsp3) is 0.222. The SMILES string of the molecule is COc1ccccc1NC(=O)COC(=O)CCSc1ccc(Cl)cc1. The van der Waals surface area contributed by atoms with Gasteiger partial charge in [0.15, 0.2) is 6.61 Å². The van der Waals surface area contributed by atoms with E-state index in [1.807, 2.05) is 12.1 Å². The van der Waals surface area contributed by atoms with Crippen molar-refractivity contribution in [2.45, 2.75) is 11.3 Å². The van der Waals surface area contributed by atoms with Gasteiger partial charge in [0, 0.05) is 15.7 Å². The Morgan fingerprint density at radius 3 is 2.56 bits per heavy atom. The Balaban J connectivity index is 1.68. The number of thioether (sulfide) groups is 1. The molecule has 0 aliphatic heterocycles. The van der Waals surface area contributed by atoms with Gasteiger partial charge in [-0.3, -0.25) is 9.59 Å². The predicted octanol–water partition coefficient (Wildman–Crippen LogP) is 4.01. The second kappa shape index (κ2) is 9.96. The minimum Gasteiger partial charge on any atom is -0.495 e. The van der Waals surface area contributed by atoms with Crippen LogP contribution in [0, 0.1) is 0 Å². The Kier molecular flexibility index (Phi) is 7.63. The molecule has 5 nitrogen and oxygen atoms in total. The van der Waals surface area contributed by atoms with Gasteiger partial charge in [-0.25, -0.2) is 0 Å². The van der Waals surface area contributed by atoms with Crippen molar-refractivity contribution in [1.82, 2.24) is 0 Å². The highest BCUT2D eigenvalue weighted by Crippen LogP contribution is 2.23. The van der Waals surface area contributed by atoms with Crippen LogP contribution in [0.2, 0.25) is 5.02 Å². The number of anilines is 1. The Labute approximate surface area is 155 Å². The van der Waals surface area contributed by atoms with Gasteiger partial charge < -0.3 is 14.8 Å². The summed E-state index contributed by atoms with van der Waals surface area (Å²) in [6, 6.07) is 14.4. The van der Waals surface area contributed by atoms with Crippen LogP contribution >= 0.6 is 23.4 Å². The fourth-order valence-corrected chi connectivity index (χ4v) is 2.89. The molecule has 132 valence electrons. The largest absolute Gasteiger partial charge is 0.495 e. The van der Waals surface area contributed by atoms with Crippen LogP contribution in [0.25, 0.3) is 0 Å². The third-order valence-electron chi connectivity index (χ3n) is 3.13. The first kappa shape index (κ1) is 19.1. The minimum absolute atomic E-state index is 0.217. The molecule has 0 atom stereocenters. The van der Waals surface area contributed by atoms with Gasteiger partial charge in [0.2, 0.25) is 0 Å². The molecule has 0 saturated carbocycles. The monoisotopic (exact) mass is 379 g/mol. The molecule has 25 heavy (non-hydrogen) atoms. The van der Waals surface area contributed by atoms with Crippen molar-refractivity contribution < 1.29 is 19.1 Å². The molecule has 0 aromatic heterocycles. The summed E-state index contributed by atoms with van der Waals surface area (Å²) in [4.78, 5) is 24.6. The smallest absolute Gasteiger partial charge is 0.307 e. The molecule has 1 N–H and O–H groups in total. The lowest BCUT2D eigenvalue weighted by Gasteiger charge is -2.10. The van der Waals surface area contributed by atoms with Gasteiger partial charge in [-0.2, -0.15) is 0 Å². The number of carbonyl (C=O) groups is 2. The third kappa shape index (κ3) is 6.68. The van der Waals surface area contributed by atoms with Gasteiger partial charge >= 0.3 is 5.97 Å². The topological polar surface area (TPSA) is 64.6 Å². The number of nitrogens with one attached hydrogen (secondary N) is 1. The van der Waals surface area contributed by atoms with E-state index in [-0.39, 0.29) is 13.0 Å². The lowest BCUT2D eigenvalue weighted by atomic mass is 10.3. The van der Waals surface area contributed by atoms with Crippen LogP contribution in [0.15, 0.2) is 53.4 Å². The summed E-state index contributed by atoms with van der Waals surface area (Å²) in [7, 11) is 1.52. The summed E-state index contributed by atoms with van der Waals surface area (Å²) in [6.45, 7) is -0.331. The maximum atomic E-state index is 11.9. The molecule has 7 heteroatoms. The van der Waals surface area contributed by atoms with E-state index in [1.54, 1.807) is 36.4 Å². The first-order valence-corrected chi connectivity index (χ1v) is 8.91. The van der Waals surface area contributed by atoms with Crippen LogP contribution in [-0.2, 0) is 14.3 Å². The standard InChI is InChI=1S/C18H18ClNO4S/c1-23-16-5-3-2-4-15(16)20-17(21)12-24-18(22)10-11-25-14-8-6-13(19)7-9-14/h2-9H,10-12H2,1H3,(H,20,21). The summed E-state index contributed by atoms with van der Waals surface area (Å²) in [5, 5.41) is 3.32. The summed E-state index contributed by atoms with van der Waals surface area (Å²) < 4.78 is 10.1. The number of benzene rings is 2. The fourth-order valence-electron chi connectivity index (χ4n) is 1.94. The van der Waals surface area contributed by atoms with Crippen molar-refractivity contribution >= 4 is 40.9 Å². The molecule has 0 radical (unpaired) electrons. The molecule has 0 saturated heterocycles. The van der Waals surface area contributed by atoms with Crippen molar-refractivity contribution in [2.75, 3.05) is 24.8 Å². The highest BCUT2D eigenvalue weighted by atomic mass is 35.5. The molecule has 0 bridgehead atoms. The number of para-hydroxylation sites is 2. The molecule has 0 aliphatic rings. The summed E-state index contributed by atoms with van der Waals surface area (Å²) in [5.41, 5.74) is 0.532. The van der Waals surface area contributed by atoms with E-state index in [1.165, 1.54) is 18.9 Å². The summed E-state index contributed by atoms with van der Waals surface area (Å²) in [6.07, 6.45) is 0.217. The van der Waals surface area contributed by atoms with Gasteiger partial charge in [0.05, 0.1) is 19.2 Å². The molecule has 0 aliphatic carbocycles. The summed E-state index contributed by atoms with van der Waals surface area (Å²) >= 11 is 7.34. The van der Waals surface area contributed by atoms with Gasteiger partial charge in [-0.05, 0) is 36.4 Å². The molecular weight excluding hydrogens is 362 g/mol. The van der Waals surface area contributed by atoms with Crippen LogP contribution in [0.3, 0.4) is 0 Å². The van der Waals surface area contributed by atoms with E-state index in [9.17, 15) is 9.59 Å². The molecule has 2 aromatic carbocycles. The van der Waals surface area contributed by atoms with Crippen LogP contribution < -0.4 is 10.1 Å². The highest BCUT2D eigenvalue weighted by Gasteiger charge is 2.10. The first-order valence-electron chi connectivity index (χ1n) is 7.55. The molecule has 2 rings (SSSR count). The predicted molar refractivity (Wildman–Crippen MR) is 99.4 cm³/mol. The van der Waals surface area contributed by atoms with Gasteiger partial charge in [0.1, 0.15) is 5.75 Å². The van der Waals surface area contributed by atoms with Crippen molar-refractivity contribution in [2.24, 2.45) is 0 Å². The van der Waals surface area contributed by atoms with E-state index in [0.717, 1.165) is 4.90 Å². The van der Waals surface area contributed by atoms with E-state index in [4.69, 9.17) is 21.1 Å². The second-order valence-electron chi connectivity index (χ2n) is 4.96. The number of halogens is 1. The highest BCUT2D eigenvalue weighted by molar-refractivity contribution is 7.99. The van der Waals surface area contributed by atoms with Crippen LogP contribution in [0.5, 0.6) is 5.75 Å². The number of amides is 1. The average Bonchev–Trinajstić information content (AvgIpc) is 2.62. The molecule has 0 unspecified atom stereocenters. The number of hydrogen-bond donors (Lipinski definition) is 1. The maximum absolute atomic E-state index is 11.9. The van der Waals surface area contributed by atoms with E-state index in [2.05, 4.69) is 5.32 Å². The molecule has 1 amide bonds. The van der Waals surface area contributed by atoms with Crippen molar-refractivity contribution in [3.63, 3.8) is 0 Å². The zero-order valence-electron chi connectivity index (χ0n) is 13.7. The van der Waals surface area contributed by atoms with Crippen LogP contribution in [0.4, 0.5) is 5.69 Å². The number of methoxy groups -OCH3 is 1. The number of rotatable bonds is 8. The first-order chi connectivity index (χ1) is 12.1. The Morgan fingerprint density at radius 2 is 1.84 bits per heavy atom. The lowest BCUT2D eigenvalue weighted by Crippen LogP contribution is -2.21. The second-order valence-corrected chi connectivity index (χ2v) is 6.57. The van der Waals surface area contributed by atoms with Crippen molar-refractivity contribution in [1.29, 1.82) is 0 Å². The Hall–Kier alpha value is -2.18. The normalized spacial score (nSPS) is 10.2. The summed E-state index contributed by atoms with van der Waals surface area (Å²) in [5.74, 6) is 0.274. The zero-order valence-corrected chi connectivity index (χ0v) is 15.2. The zero-order chi connectivity index (χ0) is 18.1. The van der Waals surface area contributed by atoms with Crippen molar-refractivity contribution in [3.8, 4) is 5.75 Å². The van der Waals surface area contributed by atoms with Crippen LogP contribution in [0.1, 0.15) is 6.42 Å². The van der Waals surface area contributed by atoms with Gasteiger partial charge in [-0.1, -0.05) is 23.7 Å². The maximum Gasteiger partial charge on any atom is 0.307 e. The minimum atomic E-state index is -0.420. The average molecular weight is 380 g/mol. The van der Waals surface area contributed by atoms with E-state index < -0.39 is 11.9 Å². The molecule has 0 fully saturated rings. The van der Waals surface area contributed by atoms with Crippen LogP contribution in [-0.4, -0.2) is 31.3 Å². The number of ether oxygens (including phenoxy) is 2. The number of esters is 1. The molecule has 0 spiro atoms. The van der Waals surface area contributed by atoms with Gasteiger partial charge in [0.25, 0.3) is 5.91 Å². The van der Waals surface area contributed by atoms with Crippen molar-refractivity contribution in [3.05, 3.63) is 53.6 Å². The Bertz CT molecular complexity index is 721. The lowest BCUT2D eigenvalue weighted by molar-refractivity contribution is -0.146. The number of carbonyl (C=O) groups excluding carboxylic acids is 2. The molecular formula is C18H18ClNO4S. The number of hydrogen-bond acceptors (Lipinski definition) is 5. The van der Waals surface area contributed by atoms with E-state index in [0.29, 0.717) is 22.2 Å². The van der Waals surface area contributed by atoms with E-state index >= 15 is 0 Å². The van der Waals surface area contributed by atoms with Gasteiger partial charge in [-0.15, -0.1) is 11.8 Å². The molecule has 2 aromatic rings.